The molecule has 0 amide bonds. The van der Waals surface area contributed by atoms with Crippen LogP contribution in [0.5, 0.6) is 0 Å². The molecule has 1 aromatic rings. The summed E-state index contributed by atoms with van der Waals surface area (Å²) in [6.45, 7) is 5.38. The second kappa shape index (κ2) is 5.79. The minimum absolute atomic E-state index is 0.369. The average molecular weight is 208 g/mol. The molecule has 1 rings (SSSR count). The fraction of sp³-hybridized carbons (Fsp3) is 0.545. The van der Waals surface area contributed by atoms with Gasteiger partial charge in [0.2, 0.25) is 0 Å². The molecule has 0 aromatic carbocycles. The lowest BCUT2D eigenvalue weighted by Gasteiger charge is -2.10. The highest BCUT2D eigenvalue weighted by atomic mass is 32.1. The normalized spacial score (nSPS) is 12.4. The molecule has 1 heterocycles. The Kier molecular flexibility index (Phi) is 4.64. The quantitative estimate of drug-likeness (QED) is 0.755. The molecule has 1 unspecified atom stereocenters. The first kappa shape index (κ1) is 11.2. The van der Waals surface area contributed by atoms with Gasteiger partial charge in [0.05, 0.1) is 0 Å². The molecule has 0 spiro atoms. The third-order valence-electron chi connectivity index (χ3n) is 2.14. The first-order valence-electron chi connectivity index (χ1n) is 5.01. The van der Waals surface area contributed by atoms with E-state index in [1.807, 2.05) is 12.1 Å². The monoisotopic (exact) mass is 208 g/mol. The van der Waals surface area contributed by atoms with Crippen molar-refractivity contribution in [1.82, 2.24) is 5.32 Å². The van der Waals surface area contributed by atoms with Crippen molar-refractivity contribution in [2.45, 2.75) is 32.7 Å². The van der Waals surface area contributed by atoms with Gasteiger partial charge in [-0.1, -0.05) is 13.3 Å². The van der Waals surface area contributed by atoms with E-state index in [1.54, 1.807) is 11.3 Å². The van der Waals surface area contributed by atoms with E-state index < -0.39 is 0 Å². The zero-order valence-corrected chi connectivity index (χ0v) is 9.53. The molecule has 1 atom stereocenters. The number of unbranched alkanes of at least 4 members (excludes halogenated alkanes) is 1. The van der Waals surface area contributed by atoms with Gasteiger partial charge in [-0.2, -0.15) is 5.26 Å². The number of hydrogen-bond donors (Lipinski definition) is 1. The molecule has 2 nitrogen and oxygen atoms in total. The van der Waals surface area contributed by atoms with E-state index in [-0.39, 0.29) is 0 Å². The Morgan fingerprint density at radius 2 is 2.36 bits per heavy atom. The van der Waals surface area contributed by atoms with Crippen LogP contribution in [0.4, 0.5) is 0 Å². The maximum atomic E-state index is 8.69. The predicted molar refractivity (Wildman–Crippen MR) is 60.4 cm³/mol. The Morgan fingerprint density at radius 1 is 1.57 bits per heavy atom. The smallest absolute Gasteiger partial charge is 0.110 e. The topological polar surface area (TPSA) is 35.8 Å². The Morgan fingerprint density at radius 3 is 2.93 bits per heavy atom. The first-order chi connectivity index (χ1) is 6.77. The molecule has 0 radical (unpaired) electrons. The van der Waals surface area contributed by atoms with Crippen molar-refractivity contribution in [3.05, 3.63) is 21.9 Å². The lowest BCUT2D eigenvalue weighted by atomic mass is 10.2. The third-order valence-corrected chi connectivity index (χ3v) is 3.32. The van der Waals surface area contributed by atoms with Gasteiger partial charge in [0.1, 0.15) is 10.9 Å². The highest BCUT2D eigenvalue weighted by molar-refractivity contribution is 7.12. The zero-order chi connectivity index (χ0) is 10.4. The molecule has 14 heavy (non-hydrogen) atoms. The number of nitrogens with one attached hydrogen (secondary N) is 1. The van der Waals surface area contributed by atoms with Crippen LogP contribution in [0.15, 0.2) is 12.1 Å². The number of nitriles is 1. The number of thiophene rings is 1. The Hall–Kier alpha value is -0.850. The Balaban J connectivity index is 2.44. The van der Waals surface area contributed by atoms with Gasteiger partial charge >= 0.3 is 0 Å². The molecule has 3 heteroatoms. The van der Waals surface area contributed by atoms with Crippen LogP contribution in [0, 0.1) is 11.3 Å². The summed E-state index contributed by atoms with van der Waals surface area (Å²) in [5, 5.41) is 12.1. The van der Waals surface area contributed by atoms with Crippen molar-refractivity contribution in [3.63, 3.8) is 0 Å². The van der Waals surface area contributed by atoms with Gasteiger partial charge in [0.25, 0.3) is 0 Å². The third kappa shape index (κ3) is 3.13. The van der Waals surface area contributed by atoms with Gasteiger partial charge in [0, 0.05) is 10.9 Å². The van der Waals surface area contributed by atoms with Gasteiger partial charge in [-0.25, -0.2) is 0 Å². The van der Waals surface area contributed by atoms with Crippen molar-refractivity contribution in [1.29, 1.82) is 5.26 Å². The van der Waals surface area contributed by atoms with E-state index in [1.165, 1.54) is 17.7 Å². The highest BCUT2D eigenvalue weighted by Gasteiger charge is 2.06. The summed E-state index contributed by atoms with van der Waals surface area (Å²) in [7, 11) is 0. The Bertz CT molecular complexity index is 311. The first-order valence-corrected chi connectivity index (χ1v) is 5.82. The fourth-order valence-electron chi connectivity index (χ4n) is 1.24. The van der Waals surface area contributed by atoms with Crippen LogP contribution in [0.25, 0.3) is 0 Å². The predicted octanol–water partition coefficient (Wildman–Crippen LogP) is 3.07. The second-order valence-corrected chi connectivity index (χ2v) is 4.46. The van der Waals surface area contributed by atoms with Gasteiger partial charge in [0.15, 0.2) is 0 Å². The average Bonchev–Trinajstić information content (AvgIpc) is 2.66. The standard InChI is InChI=1S/C11H16N2S/c1-3-4-7-13-9(2)11-6-5-10(8-12)14-11/h5-6,9,13H,3-4,7H2,1-2H3. The van der Waals surface area contributed by atoms with Gasteiger partial charge in [-0.3, -0.25) is 0 Å². The summed E-state index contributed by atoms with van der Waals surface area (Å²) in [5.74, 6) is 0. The molecular formula is C11H16N2S. The lowest BCUT2D eigenvalue weighted by Crippen LogP contribution is -2.18. The van der Waals surface area contributed by atoms with E-state index in [4.69, 9.17) is 5.26 Å². The molecular weight excluding hydrogens is 192 g/mol. The molecule has 1 N–H and O–H groups in total. The minimum Gasteiger partial charge on any atom is -0.309 e. The highest BCUT2D eigenvalue weighted by Crippen LogP contribution is 2.22. The lowest BCUT2D eigenvalue weighted by molar-refractivity contribution is 0.561. The maximum absolute atomic E-state index is 8.69. The molecule has 0 fully saturated rings. The van der Waals surface area contributed by atoms with E-state index in [2.05, 4.69) is 25.2 Å². The number of nitrogens with zero attached hydrogens (tertiary/aromatic N) is 1. The van der Waals surface area contributed by atoms with E-state index in [0.29, 0.717) is 6.04 Å². The van der Waals surface area contributed by atoms with Crippen molar-refractivity contribution >= 4 is 11.3 Å². The molecule has 0 bridgehead atoms. The van der Waals surface area contributed by atoms with Crippen LogP contribution in [-0.4, -0.2) is 6.54 Å². The summed E-state index contributed by atoms with van der Waals surface area (Å²) in [4.78, 5) is 2.04. The minimum atomic E-state index is 0.369. The van der Waals surface area contributed by atoms with Crippen molar-refractivity contribution in [3.8, 4) is 6.07 Å². The van der Waals surface area contributed by atoms with Gasteiger partial charge in [-0.05, 0) is 32.0 Å². The van der Waals surface area contributed by atoms with Crippen LogP contribution in [0.1, 0.15) is 42.5 Å². The zero-order valence-electron chi connectivity index (χ0n) is 8.71. The molecule has 0 saturated heterocycles. The van der Waals surface area contributed by atoms with E-state index in [0.717, 1.165) is 11.4 Å². The molecule has 76 valence electrons. The van der Waals surface area contributed by atoms with Crippen molar-refractivity contribution in [2.24, 2.45) is 0 Å². The van der Waals surface area contributed by atoms with Crippen LogP contribution >= 0.6 is 11.3 Å². The summed E-state index contributed by atoms with van der Waals surface area (Å²) in [6.07, 6.45) is 2.43. The van der Waals surface area contributed by atoms with Crippen LogP contribution < -0.4 is 5.32 Å². The molecule has 0 saturated carbocycles. The van der Waals surface area contributed by atoms with Crippen molar-refractivity contribution < 1.29 is 0 Å². The molecule has 1 aromatic heterocycles. The molecule has 0 aliphatic rings. The summed E-state index contributed by atoms with van der Waals surface area (Å²) >= 11 is 1.58. The number of hydrogen-bond acceptors (Lipinski definition) is 3. The van der Waals surface area contributed by atoms with Crippen LogP contribution in [0.2, 0.25) is 0 Å². The summed E-state index contributed by atoms with van der Waals surface area (Å²) in [6, 6.07) is 6.45. The van der Waals surface area contributed by atoms with Gasteiger partial charge in [-0.15, -0.1) is 11.3 Å². The number of rotatable bonds is 5. The summed E-state index contributed by atoms with van der Waals surface area (Å²) < 4.78 is 0. The van der Waals surface area contributed by atoms with Crippen LogP contribution in [0.3, 0.4) is 0 Å². The SMILES string of the molecule is CCCCNC(C)c1ccc(C#N)s1. The molecule has 0 aliphatic carbocycles. The fourth-order valence-corrected chi connectivity index (χ4v) is 2.07. The van der Waals surface area contributed by atoms with E-state index in [9.17, 15) is 0 Å². The maximum Gasteiger partial charge on any atom is 0.110 e. The largest absolute Gasteiger partial charge is 0.309 e. The van der Waals surface area contributed by atoms with E-state index >= 15 is 0 Å². The Labute approximate surface area is 89.6 Å². The summed E-state index contributed by atoms with van der Waals surface area (Å²) in [5.41, 5.74) is 0. The molecule has 0 aliphatic heterocycles. The van der Waals surface area contributed by atoms with Gasteiger partial charge < -0.3 is 5.32 Å². The van der Waals surface area contributed by atoms with Crippen molar-refractivity contribution in [2.75, 3.05) is 6.54 Å². The van der Waals surface area contributed by atoms with Crippen LogP contribution in [-0.2, 0) is 0 Å². The second-order valence-electron chi connectivity index (χ2n) is 3.34.